The van der Waals surface area contributed by atoms with Crippen LogP contribution in [-0.4, -0.2) is 36.4 Å². The number of rotatable bonds is 4. The Morgan fingerprint density at radius 2 is 2.20 bits per heavy atom. The molecule has 0 aromatic rings. The maximum absolute atomic E-state index is 11.1. The topological polar surface area (TPSA) is 72.8 Å². The van der Waals surface area contributed by atoms with Crippen molar-refractivity contribution in [2.75, 3.05) is 6.61 Å². The zero-order chi connectivity index (χ0) is 10.7. The minimum absolute atomic E-state index is 0. The molecule has 0 saturated carbocycles. The maximum atomic E-state index is 11.1. The van der Waals surface area contributed by atoms with Gasteiger partial charge in [-0.3, -0.25) is 0 Å². The van der Waals surface area contributed by atoms with Gasteiger partial charge in [-0.1, -0.05) is 6.47 Å². The number of hydrogen-bond acceptors (Lipinski definition) is 5. The van der Waals surface area contributed by atoms with Crippen LogP contribution in [-0.2, 0) is 51.8 Å². The average molecular weight is 288 g/mol. The molecule has 1 N–H and O–H groups in total. The number of hydrogen-bond donors (Lipinski definition) is 1. The van der Waals surface area contributed by atoms with E-state index < -0.39 is 18.2 Å². The second-order valence-electron chi connectivity index (χ2n) is 3.10. The molecule has 15 heavy (non-hydrogen) atoms. The standard InChI is InChI=1S/C9H11O5.Y/c1-5-6(2)9(12)14-8(5)7(11)3-13-4-10;/h7-8,11H,3H2,1-2H3;/q-1;+3. The Hall–Kier alpha value is -0.256. The first-order valence-corrected chi connectivity index (χ1v) is 4.13. The average Bonchev–Trinajstić information content (AvgIpc) is 2.42. The van der Waals surface area contributed by atoms with Gasteiger partial charge in [-0.05, 0) is 19.4 Å². The van der Waals surface area contributed by atoms with Crippen molar-refractivity contribution >= 4 is 12.4 Å². The molecule has 0 aromatic heterocycles. The van der Waals surface area contributed by atoms with Gasteiger partial charge in [0.1, 0.15) is 6.10 Å². The first kappa shape index (κ1) is 14.7. The molecule has 0 bridgehead atoms. The second-order valence-corrected chi connectivity index (χ2v) is 3.10. The van der Waals surface area contributed by atoms with Crippen LogP contribution in [0, 0.1) is 0 Å². The van der Waals surface area contributed by atoms with Gasteiger partial charge >= 0.3 is 38.7 Å². The van der Waals surface area contributed by atoms with Crippen LogP contribution in [0.1, 0.15) is 13.8 Å². The third-order valence-corrected chi connectivity index (χ3v) is 2.22. The van der Waals surface area contributed by atoms with E-state index >= 15 is 0 Å². The predicted octanol–water partition coefficient (Wildman–Crippen LogP) is -0.310. The quantitative estimate of drug-likeness (QED) is 0.567. The molecule has 78 valence electrons. The van der Waals surface area contributed by atoms with Gasteiger partial charge in [-0.2, -0.15) is 0 Å². The van der Waals surface area contributed by atoms with E-state index in [1.807, 2.05) is 0 Å². The second kappa shape index (κ2) is 6.35. The molecule has 0 spiro atoms. The summed E-state index contributed by atoms with van der Waals surface area (Å²) in [6.45, 7) is 4.28. The van der Waals surface area contributed by atoms with Crippen molar-refractivity contribution in [1.82, 2.24) is 0 Å². The van der Waals surface area contributed by atoms with Crippen molar-refractivity contribution < 1.29 is 56.9 Å². The van der Waals surface area contributed by atoms with E-state index in [9.17, 15) is 14.7 Å². The number of cyclic esters (lactones) is 1. The Kier molecular flexibility index (Phi) is 6.24. The maximum Gasteiger partial charge on any atom is 3.00 e. The van der Waals surface area contributed by atoms with Crippen LogP contribution >= 0.6 is 0 Å². The van der Waals surface area contributed by atoms with Gasteiger partial charge in [0.05, 0.1) is 6.61 Å². The number of esters is 1. The van der Waals surface area contributed by atoms with E-state index in [1.165, 1.54) is 6.47 Å². The van der Waals surface area contributed by atoms with Crippen LogP contribution in [0.2, 0.25) is 0 Å². The molecule has 0 amide bonds. The fourth-order valence-electron chi connectivity index (χ4n) is 1.24. The number of aliphatic hydroxyl groups is 1. The largest absolute Gasteiger partial charge is 3.00 e. The van der Waals surface area contributed by atoms with Gasteiger partial charge in [0.25, 0.3) is 0 Å². The monoisotopic (exact) mass is 288 g/mol. The summed E-state index contributed by atoms with van der Waals surface area (Å²) in [5.74, 6) is -0.443. The van der Waals surface area contributed by atoms with E-state index in [2.05, 4.69) is 4.74 Å². The van der Waals surface area contributed by atoms with Crippen LogP contribution in [0.5, 0.6) is 0 Å². The van der Waals surface area contributed by atoms with Crippen molar-refractivity contribution in [2.24, 2.45) is 0 Å². The Balaban J connectivity index is 0.00000196. The molecule has 6 heteroatoms. The Morgan fingerprint density at radius 1 is 1.60 bits per heavy atom. The van der Waals surface area contributed by atoms with Crippen LogP contribution < -0.4 is 0 Å². The molecule has 1 heterocycles. The van der Waals surface area contributed by atoms with Crippen LogP contribution in [0.4, 0.5) is 0 Å². The Morgan fingerprint density at radius 3 is 2.60 bits per heavy atom. The third-order valence-electron chi connectivity index (χ3n) is 2.22. The summed E-state index contributed by atoms with van der Waals surface area (Å²) in [6, 6.07) is 0. The van der Waals surface area contributed by atoms with Gasteiger partial charge in [0, 0.05) is 5.57 Å². The van der Waals surface area contributed by atoms with Gasteiger partial charge in [-0.15, -0.1) is 0 Å². The molecule has 2 unspecified atom stereocenters. The van der Waals surface area contributed by atoms with E-state index in [0.717, 1.165) is 0 Å². The van der Waals surface area contributed by atoms with Gasteiger partial charge in [-0.25, -0.2) is 4.79 Å². The van der Waals surface area contributed by atoms with Crippen molar-refractivity contribution in [2.45, 2.75) is 26.1 Å². The zero-order valence-electron chi connectivity index (χ0n) is 8.52. The summed E-state index contributed by atoms with van der Waals surface area (Å²) in [7, 11) is 0. The molecule has 5 nitrogen and oxygen atoms in total. The molecule has 1 rings (SSSR count). The van der Waals surface area contributed by atoms with Crippen molar-refractivity contribution in [1.29, 1.82) is 0 Å². The van der Waals surface area contributed by atoms with E-state index in [0.29, 0.717) is 11.1 Å². The first-order chi connectivity index (χ1) is 6.57. The molecule has 1 aliphatic rings. The number of aliphatic hydroxyl groups excluding tert-OH is 1. The summed E-state index contributed by atoms with van der Waals surface area (Å²) in [4.78, 5) is 20.8. The molecule has 0 radical (unpaired) electrons. The SMILES string of the molecule is CC1=C(C)C(C(O)CO[C-]=O)OC1=O.[Y+3]. The zero-order valence-corrected chi connectivity index (χ0v) is 11.4. The number of carbonyl (C=O) groups is 1. The smallest absolute Gasteiger partial charge is 0.651 e. The predicted molar refractivity (Wildman–Crippen MR) is 45.9 cm³/mol. The van der Waals surface area contributed by atoms with Crippen LogP contribution in [0.3, 0.4) is 0 Å². The van der Waals surface area contributed by atoms with Crippen LogP contribution in [0.25, 0.3) is 0 Å². The summed E-state index contributed by atoms with van der Waals surface area (Å²) in [5.41, 5.74) is 1.15. The van der Waals surface area contributed by atoms with Gasteiger partial charge in [0.2, 0.25) is 0 Å². The summed E-state index contributed by atoms with van der Waals surface area (Å²) in [6.07, 6.45) is -1.74. The van der Waals surface area contributed by atoms with Crippen molar-refractivity contribution in [3.63, 3.8) is 0 Å². The first-order valence-electron chi connectivity index (χ1n) is 4.13. The number of carbonyl (C=O) groups excluding carboxylic acids is 2. The van der Waals surface area contributed by atoms with Crippen LogP contribution in [0.15, 0.2) is 11.1 Å². The van der Waals surface area contributed by atoms with Gasteiger partial charge in [0.15, 0.2) is 6.10 Å². The van der Waals surface area contributed by atoms with E-state index in [4.69, 9.17) is 4.74 Å². The fourth-order valence-corrected chi connectivity index (χ4v) is 1.24. The van der Waals surface area contributed by atoms with E-state index in [-0.39, 0.29) is 39.3 Å². The van der Waals surface area contributed by atoms with Gasteiger partial charge < -0.3 is 19.4 Å². The third kappa shape index (κ3) is 3.36. The summed E-state index contributed by atoms with van der Waals surface area (Å²) in [5, 5.41) is 9.47. The van der Waals surface area contributed by atoms with Crippen molar-refractivity contribution in [3.8, 4) is 0 Å². The molecular weight excluding hydrogens is 277 g/mol. The van der Waals surface area contributed by atoms with E-state index in [1.54, 1.807) is 13.8 Å². The molecular formula is C9H11O5Y+2. The summed E-state index contributed by atoms with van der Waals surface area (Å²) >= 11 is 0. The minimum atomic E-state index is -1.03. The van der Waals surface area contributed by atoms with Crippen molar-refractivity contribution in [3.05, 3.63) is 11.1 Å². The molecule has 0 saturated heterocycles. The molecule has 1 aliphatic heterocycles. The molecule has 2 atom stereocenters. The Labute approximate surface area is 113 Å². The number of ether oxygens (including phenoxy) is 2. The fraction of sp³-hybridized carbons (Fsp3) is 0.556. The molecule has 0 aromatic carbocycles. The summed E-state index contributed by atoms with van der Waals surface area (Å²) < 4.78 is 9.13. The minimum Gasteiger partial charge on any atom is -0.651 e. The Bertz CT molecular complexity index is 286. The molecule has 0 fully saturated rings. The normalized spacial score (nSPS) is 21.8. The molecule has 0 aliphatic carbocycles.